The SMILES string of the molecule is CO[C@H]1C[C@@H]2CC[C@@H](C)[C@@](O)(O2)C(=O)C(=O)N2CCCC[C@H]2C(=O)O[C@H]([C@H](C)C[C@@H]2CC[C@@H](OCCO)[C@H](OC)C2)CC(=O)[C@H](C)/C=C(\C)[C@@H](O)[C@@H](OC)C(=O)[C@@H](C)C[C@H](C)/C=C/C=C/C=C/1C. The highest BCUT2D eigenvalue weighted by Gasteiger charge is 2.53. The fourth-order valence-electron chi connectivity index (χ4n) is 10.5. The molecule has 2 bridgehead atoms. The number of Topliss-reactive ketones (excluding diaryl/α,β-unsaturated/α-hetero) is 3. The van der Waals surface area contributed by atoms with Crippen molar-refractivity contribution in [2.45, 2.75) is 180 Å². The van der Waals surface area contributed by atoms with Crippen molar-refractivity contribution in [1.29, 1.82) is 0 Å². The number of rotatable bonds is 9. The van der Waals surface area contributed by atoms with Gasteiger partial charge in [0.25, 0.3) is 11.7 Å². The Morgan fingerprint density at radius 3 is 2.26 bits per heavy atom. The molecule has 15 nitrogen and oxygen atoms in total. The molecule has 0 unspecified atom stereocenters. The number of fused-ring (bicyclic) bond motifs is 3. The average molecular weight is 958 g/mol. The van der Waals surface area contributed by atoms with Gasteiger partial charge >= 0.3 is 5.97 Å². The topological polar surface area (TPSA) is 205 Å². The zero-order valence-corrected chi connectivity index (χ0v) is 42.4. The molecule has 3 fully saturated rings. The normalized spacial score (nSPS) is 39.2. The molecular formula is C53H83NO14. The Bertz CT molecular complexity index is 1810. The summed E-state index contributed by atoms with van der Waals surface area (Å²) in [6.45, 7) is 12.9. The van der Waals surface area contributed by atoms with Crippen LogP contribution < -0.4 is 0 Å². The molecule has 4 rings (SSSR count). The van der Waals surface area contributed by atoms with Crippen LogP contribution in [0.25, 0.3) is 0 Å². The first kappa shape index (κ1) is 57.2. The zero-order valence-electron chi connectivity index (χ0n) is 42.4. The van der Waals surface area contributed by atoms with E-state index in [0.717, 1.165) is 12.0 Å². The van der Waals surface area contributed by atoms with Crippen LogP contribution in [0, 0.1) is 35.5 Å². The Morgan fingerprint density at radius 2 is 1.59 bits per heavy atom. The number of hydrogen-bond acceptors (Lipinski definition) is 14. The van der Waals surface area contributed by atoms with Crippen molar-refractivity contribution in [3.63, 3.8) is 0 Å². The third kappa shape index (κ3) is 15.3. The van der Waals surface area contributed by atoms with Gasteiger partial charge in [0.1, 0.15) is 30.1 Å². The van der Waals surface area contributed by atoms with E-state index >= 15 is 0 Å². The lowest BCUT2D eigenvalue weighted by molar-refractivity contribution is -0.265. The summed E-state index contributed by atoms with van der Waals surface area (Å²) in [5, 5.41) is 32.8. The molecule has 15 heteroatoms. The minimum atomic E-state index is -2.43. The van der Waals surface area contributed by atoms with E-state index in [1.807, 2.05) is 58.1 Å². The van der Waals surface area contributed by atoms with Crippen LogP contribution >= 0.6 is 0 Å². The highest BCUT2D eigenvalue weighted by molar-refractivity contribution is 6.39. The Morgan fingerprint density at radius 1 is 0.853 bits per heavy atom. The summed E-state index contributed by atoms with van der Waals surface area (Å²) in [6.07, 6.45) is 12.0. The van der Waals surface area contributed by atoms with Gasteiger partial charge in [-0.2, -0.15) is 0 Å². The van der Waals surface area contributed by atoms with E-state index in [-0.39, 0.29) is 74.1 Å². The zero-order chi connectivity index (χ0) is 50.3. The highest BCUT2D eigenvalue weighted by Crippen LogP contribution is 2.38. The van der Waals surface area contributed by atoms with Gasteiger partial charge in [-0.15, -0.1) is 0 Å². The molecule has 1 amide bonds. The summed E-state index contributed by atoms with van der Waals surface area (Å²) in [7, 11) is 4.58. The number of aliphatic hydroxyl groups excluding tert-OH is 2. The van der Waals surface area contributed by atoms with Crippen LogP contribution in [0.15, 0.2) is 47.6 Å². The summed E-state index contributed by atoms with van der Waals surface area (Å²) in [6, 6.07) is -1.14. The Hall–Kier alpha value is -3.41. The number of esters is 1. The molecule has 0 aromatic rings. The molecule has 0 aromatic heterocycles. The van der Waals surface area contributed by atoms with Gasteiger partial charge < -0.3 is 48.6 Å². The molecule has 3 heterocycles. The minimum absolute atomic E-state index is 0.0158. The average Bonchev–Trinajstić information content (AvgIpc) is 3.32. The Kier molecular flexibility index (Phi) is 22.9. The van der Waals surface area contributed by atoms with Gasteiger partial charge in [0.2, 0.25) is 5.79 Å². The maximum absolute atomic E-state index is 14.5. The first-order chi connectivity index (χ1) is 32.3. The van der Waals surface area contributed by atoms with Crippen LogP contribution in [0.3, 0.4) is 0 Å². The first-order valence-corrected chi connectivity index (χ1v) is 25.0. The Labute approximate surface area is 405 Å². The number of carbonyl (C=O) groups is 5. The van der Waals surface area contributed by atoms with Crippen LogP contribution in [0.4, 0.5) is 0 Å². The smallest absolute Gasteiger partial charge is 0.329 e. The van der Waals surface area contributed by atoms with Gasteiger partial charge in [-0.05, 0) is 107 Å². The molecule has 0 radical (unpaired) electrons. The summed E-state index contributed by atoms with van der Waals surface area (Å²) in [5.74, 6) is -7.96. The van der Waals surface area contributed by atoms with E-state index in [4.69, 9.17) is 28.4 Å². The number of methoxy groups -OCH3 is 3. The van der Waals surface area contributed by atoms with Gasteiger partial charge in [0.15, 0.2) is 5.78 Å². The fourth-order valence-corrected chi connectivity index (χ4v) is 10.5. The predicted octanol–water partition coefficient (Wildman–Crippen LogP) is 6.20. The van der Waals surface area contributed by atoms with Crippen molar-refractivity contribution < 1.29 is 67.7 Å². The van der Waals surface area contributed by atoms with Crippen molar-refractivity contribution in [3.05, 3.63) is 47.6 Å². The van der Waals surface area contributed by atoms with Crippen LogP contribution in [0.5, 0.6) is 0 Å². The lowest BCUT2D eigenvalue weighted by Gasteiger charge is -2.42. The van der Waals surface area contributed by atoms with Crippen molar-refractivity contribution in [1.82, 2.24) is 4.90 Å². The van der Waals surface area contributed by atoms with Gasteiger partial charge in [-0.1, -0.05) is 71.1 Å². The number of ketones is 3. The van der Waals surface area contributed by atoms with E-state index in [0.29, 0.717) is 63.4 Å². The molecular weight excluding hydrogens is 875 g/mol. The van der Waals surface area contributed by atoms with Crippen LogP contribution in [0.2, 0.25) is 0 Å². The molecule has 384 valence electrons. The fraction of sp³-hybridized carbons (Fsp3) is 0.755. The molecule has 2 saturated heterocycles. The van der Waals surface area contributed by atoms with Crippen LogP contribution in [-0.4, -0.2) is 145 Å². The number of nitrogens with zero attached hydrogens (tertiary/aromatic N) is 1. The lowest BCUT2D eigenvalue weighted by Crippen LogP contribution is -2.61. The van der Waals surface area contributed by atoms with Crippen molar-refractivity contribution in [3.8, 4) is 0 Å². The maximum atomic E-state index is 14.5. The van der Waals surface area contributed by atoms with Crippen LogP contribution in [-0.2, 0) is 52.4 Å². The second-order valence-corrected chi connectivity index (χ2v) is 20.2. The van der Waals surface area contributed by atoms with Gasteiger partial charge in [-0.3, -0.25) is 19.2 Å². The monoisotopic (exact) mass is 958 g/mol. The largest absolute Gasteiger partial charge is 0.460 e. The second-order valence-electron chi connectivity index (χ2n) is 20.2. The van der Waals surface area contributed by atoms with Crippen molar-refractivity contribution in [2.24, 2.45) is 35.5 Å². The number of aliphatic hydroxyl groups is 3. The molecule has 68 heavy (non-hydrogen) atoms. The number of carbonyl (C=O) groups excluding carboxylic acids is 5. The van der Waals surface area contributed by atoms with Crippen molar-refractivity contribution >= 4 is 29.2 Å². The number of cyclic esters (lactones) is 1. The number of ether oxygens (including phenoxy) is 6. The first-order valence-electron chi connectivity index (χ1n) is 25.0. The summed E-state index contributed by atoms with van der Waals surface area (Å²) < 4.78 is 35.6. The van der Waals surface area contributed by atoms with E-state index in [1.54, 1.807) is 41.1 Å². The molecule has 15 atom stereocenters. The molecule has 0 spiro atoms. The van der Waals surface area contributed by atoms with Gasteiger partial charge in [0.05, 0.1) is 37.6 Å². The molecule has 1 aliphatic carbocycles. The summed E-state index contributed by atoms with van der Waals surface area (Å²) in [4.78, 5) is 72.1. The molecule has 0 aromatic carbocycles. The standard InChI is InChI=1S/C53H83NO14/c1-32-16-12-11-13-17-33(2)44(63-8)30-40-21-19-38(7)53(62,68-40)50(59)51(60)54-23-15-14-18-41(54)52(61)67-45(35(4)28-39-20-22-43(66-25-24-55)46(29-39)64-9)31-42(56)34(3)27-37(6)48(58)49(65-10)47(57)36(5)26-32/h11-13,16-17,27,32,34-36,38-41,43-46,48-49,55,58,62H,14-15,18-26,28-31H2,1-10H3/b13-11+,16-12+,33-17+,37-27+/t32-,34-,35-,36+,38-,39+,40+,41+,43-,44+,45+,46-,48-,49+,53-/m1/s1. The molecule has 4 aliphatic rings. The highest BCUT2D eigenvalue weighted by atomic mass is 16.6. The van der Waals surface area contributed by atoms with E-state index in [9.17, 15) is 39.3 Å². The number of hydrogen-bond donors (Lipinski definition) is 3. The lowest BCUT2D eigenvalue weighted by atomic mass is 9.78. The van der Waals surface area contributed by atoms with E-state index < -0.39 is 77.8 Å². The van der Waals surface area contributed by atoms with E-state index in [2.05, 4.69) is 0 Å². The second kappa shape index (κ2) is 27.3. The summed E-state index contributed by atoms with van der Waals surface area (Å²) >= 11 is 0. The quantitative estimate of drug-likeness (QED) is 0.134. The van der Waals surface area contributed by atoms with Crippen molar-refractivity contribution in [2.75, 3.05) is 41.1 Å². The third-order valence-electron chi connectivity index (χ3n) is 14.9. The van der Waals surface area contributed by atoms with E-state index in [1.165, 1.54) is 12.0 Å². The molecule has 3 N–H and O–H groups in total. The molecule has 3 aliphatic heterocycles. The number of piperidine rings is 1. The van der Waals surface area contributed by atoms with Crippen LogP contribution in [0.1, 0.15) is 126 Å². The number of allylic oxidation sites excluding steroid dienone is 6. The number of amides is 1. The molecule has 1 saturated carbocycles. The van der Waals surface area contributed by atoms with Gasteiger partial charge in [-0.25, -0.2) is 4.79 Å². The summed E-state index contributed by atoms with van der Waals surface area (Å²) in [5.41, 5.74) is 1.26. The third-order valence-corrected chi connectivity index (χ3v) is 14.9. The van der Waals surface area contributed by atoms with Gasteiger partial charge in [0, 0.05) is 58.5 Å². The predicted molar refractivity (Wildman–Crippen MR) is 256 cm³/mol. The minimum Gasteiger partial charge on any atom is -0.460 e. The Balaban J connectivity index is 1.70. The maximum Gasteiger partial charge on any atom is 0.329 e.